The number of carbonyl (C=O) groups is 2. The lowest BCUT2D eigenvalue weighted by Gasteiger charge is -2.16. The molecule has 0 atom stereocenters. The van der Waals surface area contributed by atoms with Crippen LogP contribution in [0.1, 0.15) is 63.9 Å². The van der Waals surface area contributed by atoms with Gasteiger partial charge in [0.05, 0.1) is 11.8 Å². The monoisotopic (exact) mass is 373 g/mol. The van der Waals surface area contributed by atoms with Crippen LogP contribution in [0.4, 0.5) is 0 Å². The Labute approximate surface area is 161 Å². The van der Waals surface area contributed by atoms with Gasteiger partial charge in [0, 0.05) is 0 Å². The van der Waals surface area contributed by atoms with Crippen LogP contribution in [-0.2, 0) is 16.0 Å². The molecule has 148 valence electrons. The van der Waals surface area contributed by atoms with Crippen molar-refractivity contribution in [1.82, 2.24) is 5.32 Å². The quantitative estimate of drug-likeness (QED) is 0.423. The first-order chi connectivity index (χ1) is 13.2. The Morgan fingerprint density at radius 1 is 0.926 bits per heavy atom. The highest BCUT2D eigenvalue weighted by molar-refractivity contribution is 5.79. The van der Waals surface area contributed by atoms with Gasteiger partial charge in [-0.25, -0.2) is 0 Å². The molecule has 5 nitrogen and oxygen atoms in total. The molecular weight excluding hydrogens is 342 g/mol. The van der Waals surface area contributed by atoms with E-state index < -0.39 is 0 Å². The Kier molecular flexibility index (Phi) is 7.27. The predicted molar refractivity (Wildman–Crippen MR) is 104 cm³/mol. The van der Waals surface area contributed by atoms with Crippen LogP contribution >= 0.6 is 0 Å². The first-order valence-corrected chi connectivity index (χ1v) is 10.4. The summed E-state index contributed by atoms with van der Waals surface area (Å²) in [7, 11) is 0. The molecular formula is C22H31NO4. The molecule has 0 spiro atoms. The van der Waals surface area contributed by atoms with Crippen molar-refractivity contribution in [2.45, 2.75) is 64.7 Å². The molecule has 2 saturated carbocycles. The lowest BCUT2D eigenvalue weighted by molar-refractivity contribution is -0.141. The van der Waals surface area contributed by atoms with E-state index in [4.69, 9.17) is 9.47 Å². The second-order valence-corrected chi connectivity index (χ2v) is 7.69. The second-order valence-electron chi connectivity index (χ2n) is 7.69. The summed E-state index contributed by atoms with van der Waals surface area (Å²) in [6.45, 7) is 3.84. The van der Waals surface area contributed by atoms with Crippen molar-refractivity contribution in [3.63, 3.8) is 0 Å². The Morgan fingerprint density at radius 2 is 1.48 bits per heavy atom. The van der Waals surface area contributed by atoms with Crippen LogP contribution < -0.4 is 14.8 Å². The van der Waals surface area contributed by atoms with Crippen LogP contribution in [0.3, 0.4) is 0 Å². The number of benzene rings is 1. The molecule has 2 aliphatic carbocycles. The van der Waals surface area contributed by atoms with Gasteiger partial charge in [0.2, 0.25) is 0 Å². The van der Waals surface area contributed by atoms with Crippen LogP contribution in [0.15, 0.2) is 18.2 Å². The van der Waals surface area contributed by atoms with Gasteiger partial charge in [0.25, 0.3) is 0 Å². The molecule has 2 fully saturated rings. The van der Waals surface area contributed by atoms with Crippen LogP contribution in [-0.4, -0.2) is 25.0 Å². The third-order valence-corrected chi connectivity index (χ3v) is 5.65. The van der Waals surface area contributed by atoms with Crippen LogP contribution in [0.2, 0.25) is 0 Å². The van der Waals surface area contributed by atoms with Gasteiger partial charge in [0.15, 0.2) is 11.5 Å². The van der Waals surface area contributed by atoms with Crippen molar-refractivity contribution in [2.24, 2.45) is 11.8 Å². The zero-order chi connectivity index (χ0) is 19.1. The number of rotatable bonds is 8. The highest BCUT2D eigenvalue weighted by Crippen LogP contribution is 2.34. The number of likely N-dealkylation sites (N-methyl/N-ethyl adjacent to an activating group) is 1. The van der Waals surface area contributed by atoms with E-state index in [0.29, 0.717) is 11.5 Å². The Balaban J connectivity index is 1.72. The van der Waals surface area contributed by atoms with Gasteiger partial charge < -0.3 is 14.8 Å². The summed E-state index contributed by atoms with van der Waals surface area (Å²) in [6, 6.07) is 5.56. The Hall–Kier alpha value is -1.88. The van der Waals surface area contributed by atoms with Crippen molar-refractivity contribution in [1.29, 1.82) is 0 Å². The largest absolute Gasteiger partial charge is 0.422 e. The molecule has 1 aromatic carbocycles. The van der Waals surface area contributed by atoms with Gasteiger partial charge in [-0.2, -0.15) is 0 Å². The number of esters is 2. The minimum Gasteiger partial charge on any atom is -0.422 e. The molecule has 1 aromatic rings. The summed E-state index contributed by atoms with van der Waals surface area (Å²) >= 11 is 0. The third kappa shape index (κ3) is 5.55. The standard InChI is InChI=1S/C22H31NO4/c1-2-23-14-13-16-11-12-19(26-21(24)17-7-3-4-8-17)20(15-16)27-22(25)18-9-5-6-10-18/h11-12,15,17-18,23H,2-10,13-14H2,1H3. The number of nitrogens with one attached hydrogen (secondary N) is 1. The normalized spacial score (nSPS) is 18.0. The zero-order valence-corrected chi connectivity index (χ0v) is 16.3. The van der Waals surface area contributed by atoms with Crippen LogP contribution in [0, 0.1) is 11.8 Å². The summed E-state index contributed by atoms with van der Waals surface area (Å²) in [5.41, 5.74) is 1.06. The fourth-order valence-corrected chi connectivity index (χ4v) is 3.99. The fraction of sp³-hybridized carbons (Fsp3) is 0.636. The van der Waals surface area contributed by atoms with Crippen molar-refractivity contribution < 1.29 is 19.1 Å². The van der Waals surface area contributed by atoms with Crippen molar-refractivity contribution >= 4 is 11.9 Å². The summed E-state index contributed by atoms with van der Waals surface area (Å²) in [4.78, 5) is 24.9. The van der Waals surface area contributed by atoms with Crippen LogP contribution in [0.25, 0.3) is 0 Å². The molecule has 0 aliphatic heterocycles. The predicted octanol–water partition coefficient (Wildman–Crippen LogP) is 4.03. The molecule has 5 heteroatoms. The molecule has 0 amide bonds. The van der Waals surface area contributed by atoms with E-state index in [1.54, 1.807) is 6.07 Å². The van der Waals surface area contributed by atoms with Crippen LogP contribution in [0.5, 0.6) is 11.5 Å². The molecule has 0 bridgehead atoms. The molecule has 1 N–H and O–H groups in total. The Morgan fingerprint density at radius 3 is 2.04 bits per heavy atom. The molecule has 0 saturated heterocycles. The van der Waals surface area contributed by atoms with E-state index in [0.717, 1.165) is 76.4 Å². The fourth-order valence-electron chi connectivity index (χ4n) is 3.99. The average molecular weight is 373 g/mol. The minimum atomic E-state index is -0.203. The summed E-state index contributed by atoms with van der Waals surface area (Å²) < 4.78 is 11.3. The van der Waals surface area contributed by atoms with E-state index in [2.05, 4.69) is 12.2 Å². The van der Waals surface area contributed by atoms with E-state index in [1.165, 1.54) is 0 Å². The van der Waals surface area contributed by atoms with Gasteiger partial charge in [0.1, 0.15) is 0 Å². The molecule has 27 heavy (non-hydrogen) atoms. The maximum atomic E-state index is 12.5. The lowest BCUT2D eigenvalue weighted by Crippen LogP contribution is -2.21. The van der Waals surface area contributed by atoms with E-state index in [1.807, 2.05) is 12.1 Å². The highest BCUT2D eigenvalue weighted by atomic mass is 16.6. The zero-order valence-electron chi connectivity index (χ0n) is 16.3. The first-order valence-electron chi connectivity index (χ1n) is 10.4. The summed E-state index contributed by atoms with van der Waals surface area (Å²) in [5, 5.41) is 3.29. The van der Waals surface area contributed by atoms with Gasteiger partial charge >= 0.3 is 11.9 Å². The van der Waals surface area contributed by atoms with Gasteiger partial charge in [-0.1, -0.05) is 38.7 Å². The molecule has 0 aromatic heterocycles. The SMILES string of the molecule is CCNCCc1ccc(OC(=O)C2CCCC2)c(OC(=O)C2CCCC2)c1. The average Bonchev–Trinajstić information content (AvgIpc) is 3.38. The van der Waals surface area contributed by atoms with Crippen molar-refractivity contribution in [2.75, 3.05) is 13.1 Å². The summed E-state index contributed by atoms with van der Waals surface area (Å²) in [6.07, 6.45) is 8.68. The second kappa shape index (κ2) is 9.88. The topological polar surface area (TPSA) is 64.6 Å². The van der Waals surface area contributed by atoms with Gasteiger partial charge in [-0.05, 0) is 62.9 Å². The minimum absolute atomic E-state index is 0.0307. The number of carbonyl (C=O) groups excluding carboxylic acids is 2. The lowest BCUT2D eigenvalue weighted by atomic mass is 10.1. The van der Waals surface area contributed by atoms with Gasteiger partial charge in [-0.3, -0.25) is 9.59 Å². The van der Waals surface area contributed by atoms with E-state index in [9.17, 15) is 9.59 Å². The molecule has 0 radical (unpaired) electrons. The maximum absolute atomic E-state index is 12.5. The number of ether oxygens (including phenoxy) is 2. The maximum Gasteiger partial charge on any atom is 0.314 e. The Bertz CT molecular complexity index is 646. The van der Waals surface area contributed by atoms with Gasteiger partial charge in [-0.15, -0.1) is 0 Å². The smallest absolute Gasteiger partial charge is 0.314 e. The van der Waals surface area contributed by atoms with Crippen molar-refractivity contribution in [3.8, 4) is 11.5 Å². The first kappa shape index (κ1) is 19.9. The third-order valence-electron chi connectivity index (χ3n) is 5.65. The molecule has 0 unspecified atom stereocenters. The van der Waals surface area contributed by atoms with E-state index in [-0.39, 0.29) is 23.8 Å². The molecule has 0 heterocycles. The molecule has 2 aliphatic rings. The molecule has 3 rings (SSSR count). The number of hydrogen-bond donors (Lipinski definition) is 1. The van der Waals surface area contributed by atoms with E-state index >= 15 is 0 Å². The number of hydrogen-bond acceptors (Lipinski definition) is 5. The highest BCUT2D eigenvalue weighted by Gasteiger charge is 2.28. The summed E-state index contributed by atoms with van der Waals surface area (Å²) in [5.74, 6) is 0.281. The van der Waals surface area contributed by atoms with Crippen molar-refractivity contribution in [3.05, 3.63) is 23.8 Å².